The van der Waals surface area contributed by atoms with E-state index in [-0.39, 0.29) is 24.0 Å². The zero-order valence-corrected chi connectivity index (χ0v) is 20.7. The first kappa shape index (κ1) is 26.1. The fraction of sp³-hybridized carbons (Fsp3) is 0.667. The quantitative estimate of drug-likeness (QED) is 0.352. The van der Waals surface area contributed by atoms with Crippen molar-refractivity contribution in [3.05, 3.63) is 35.4 Å². The van der Waals surface area contributed by atoms with Crippen LogP contribution in [0.25, 0.3) is 0 Å². The van der Waals surface area contributed by atoms with E-state index in [0.717, 1.165) is 38.2 Å². The van der Waals surface area contributed by atoms with Crippen molar-refractivity contribution in [3.8, 4) is 0 Å². The van der Waals surface area contributed by atoms with E-state index in [1.54, 1.807) is 6.07 Å². The van der Waals surface area contributed by atoms with Gasteiger partial charge in [0.1, 0.15) is 6.10 Å². The first-order valence-corrected chi connectivity index (χ1v) is 10.5. The lowest BCUT2D eigenvalue weighted by Crippen LogP contribution is -2.52. The number of alkyl halides is 3. The Hall–Kier alpha value is -1.11. The van der Waals surface area contributed by atoms with Crippen LogP contribution >= 0.6 is 24.0 Å². The third-order valence-electron chi connectivity index (χ3n) is 5.72. The molecule has 0 radical (unpaired) electrons. The molecular weight excluding hydrogens is 522 g/mol. The van der Waals surface area contributed by atoms with Crippen molar-refractivity contribution in [2.75, 3.05) is 66.5 Å². The zero-order valence-electron chi connectivity index (χ0n) is 18.4. The highest BCUT2D eigenvalue weighted by Crippen LogP contribution is 2.32. The van der Waals surface area contributed by atoms with E-state index in [0.29, 0.717) is 37.8 Å². The molecular formula is C21H33F3IN5O. The number of benzene rings is 1. The maximum Gasteiger partial charge on any atom is 0.416 e. The van der Waals surface area contributed by atoms with Gasteiger partial charge < -0.3 is 19.9 Å². The maximum absolute atomic E-state index is 13.1. The number of ether oxygens (including phenoxy) is 1. The molecule has 1 aromatic rings. The van der Waals surface area contributed by atoms with Gasteiger partial charge in [-0.25, -0.2) is 0 Å². The van der Waals surface area contributed by atoms with Gasteiger partial charge in [0.05, 0.1) is 25.3 Å². The number of halogens is 4. The average molecular weight is 555 g/mol. The summed E-state index contributed by atoms with van der Waals surface area (Å²) in [5, 5.41) is 3.33. The third kappa shape index (κ3) is 7.19. The number of aliphatic imine (C=N–C) groups is 1. The summed E-state index contributed by atoms with van der Waals surface area (Å²) in [7, 11) is 4.25. The van der Waals surface area contributed by atoms with Crippen LogP contribution in [0.1, 0.15) is 24.2 Å². The summed E-state index contributed by atoms with van der Waals surface area (Å²) in [5.74, 6) is 0.791. The summed E-state index contributed by atoms with van der Waals surface area (Å²) >= 11 is 0. The molecule has 0 aromatic heterocycles. The van der Waals surface area contributed by atoms with Crippen LogP contribution in [0, 0.1) is 0 Å². The second-order valence-electron chi connectivity index (χ2n) is 8.02. The van der Waals surface area contributed by atoms with E-state index < -0.39 is 17.8 Å². The minimum absolute atomic E-state index is 0. The zero-order chi connectivity index (χ0) is 21.7. The largest absolute Gasteiger partial charge is 0.416 e. The highest BCUT2D eigenvalue weighted by Gasteiger charge is 2.32. The van der Waals surface area contributed by atoms with Gasteiger partial charge in [-0.2, -0.15) is 13.2 Å². The Morgan fingerprint density at radius 2 is 1.97 bits per heavy atom. The van der Waals surface area contributed by atoms with E-state index in [9.17, 15) is 13.2 Å². The van der Waals surface area contributed by atoms with Crippen molar-refractivity contribution in [1.82, 2.24) is 20.0 Å². The molecule has 31 heavy (non-hydrogen) atoms. The summed E-state index contributed by atoms with van der Waals surface area (Å²) in [6.45, 7) is 8.02. The van der Waals surface area contributed by atoms with Crippen LogP contribution in [0.5, 0.6) is 0 Å². The highest BCUT2D eigenvalue weighted by atomic mass is 127. The molecule has 3 rings (SSSR count). The van der Waals surface area contributed by atoms with Gasteiger partial charge in [-0.3, -0.25) is 9.89 Å². The third-order valence-corrected chi connectivity index (χ3v) is 5.72. The molecule has 0 amide bonds. The smallest absolute Gasteiger partial charge is 0.370 e. The average Bonchev–Trinajstić information content (AvgIpc) is 2.73. The minimum Gasteiger partial charge on any atom is -0.370 e. The van der Waals surface area contributed by atoms with Crippen molar-refractivity contribution in [1.29, 1.82) is 0 Å². The molecule has 1 N–H and O–H groups in total. The van der Waals surface area contributed by atoms with Crippen molar-refractivity contribution >= 4 is 29.9 Å². The van der Waals surface area contributed by atoms with Crippen LogP contribution in [0.3, 0.4) is 0 Å². The molecule has 2 heterocycles. The standard InChI is InChI=1S/C21H32F3N5O.HI/c1-4-25-20(26-13-18-14-27(2)8-9-28(18)3)29-10-11-30-19(15-29)16-6-5-7-17(12-16)21(22,23)24;/h5-7,12,18-19H,4,8-11,13-15H2,1-3H3,(H,25,26);1H. The first-order chi connectivity index (χ1) is 14.3. The molecule has 10 heteroatoms. The van der Waals surface area contributed by atoms with E-state index in [2.05, 4.69) is 34.1 Å². The van der Waals surface area contributed by atoms with Gasteiger partial charge in [0.25, 0.3) is 0 Å². The number of morpholine rings is 1. The van der Waals surface area contributed by atoms with Gasteiger partial charge >= 0.3 is 6.18 Å². The summed E-state index contributed by atoms with van der Waals surface area (Å²) in [5.41, 5.74) is -0.107. The summed E-state index contributed by atoms with van der Waals surface area (Å²) in [6.07, 6.45) is -4.78. The van der Waals surface area contributed by atoms with E-state index in [1.165, 1.54) is 12.1 Å². The number of likely N-dealkylation sites (N-methyl/N-ethyl adjacent to an activating group) is 2. The molecule has 176 valence electrons. The fourth-order valence-electron chi connectivity index (χ4n) is 3.87. The first-order valence-electron chi connectivity index (χ1n) is 10.5. The van der Waals surface area contributed by atoms with Crippen LogP contribution in [-0.2, 0) is 10.9 Å². The number of rotatable bonds is 4. The Bertz CT molecular complexity index is 733. The van der Waals surface area contributed by atoms with Crippen molar-refractivity contribution in [2.45, 2.75) is 25.2 Å². The van der Waals surface area contributed by atoms with E-state index in [1.807, 2.05) is 6.92 Å². The molecule has 0 spiro atoms. The molecule has 2 aliphatic heterocycles. The number of piperazine rings is 1. The normalized spacial score (nSPS) is 24.1. The van der Waals surface area contributed by atoms with Crippen molar-refractivity contribution in [2.24, 2.45) is 4.99 Å². The monoisotopic (exact) mass is 555 g/mol. The lowest BCUT2D eigenvalue weighted by Gasteiger charge is -2.38. The summed E-state index contributed by atoms with van der Waals surface area (Å²) < 4.78 is 45.1. The molecule has 0 bridgehead atoms. The molecule has 2 unspecified atom stereocenters. The Balaban J connectivity index is 0.00000341. The number of hydrogen-bond acceptors (Lipinski definition) is 4. The summed E-state index contributed by atoms with van der Waals surface area (Å²) in [4.78, 5) is 11.6. The predicted molar refractivity (Wildman–Crippen MR) is 127 cm³/mol. The number of nitrogens with one attached hydrogen (secondary N) is 1. The molecule has 2 atom stereocenters. The molecule has 0 aliphatic carbocycles. The van der Waals surface area contributed by atoms with Gasteiger partial charge in [0.2, 0.25) is 0 Å². The topological polar surface area (TPSA) is 43.3 Å². The second-order valence-corrected chi connectivity index (χ2v) is 8.02. The van der Waals surface area contributed by atoms with Crippen molar-refractivity contribution in [3.63, 3.8) is 0 Å². The fourth-order valence-corrected chi connectivity index (χ4v) is 3.87. The van der Waals surface area contributed by atoms with Crippen LogP contribution in [0.2, 0.25) is 0 Å². The molecule has 0 saturated carbocycles. The van der Waals surface area contributed by atoms with Gasteiger partial charge in [-0.05, 0) is 38.7 Å². The number of guanidine groups is 1. The Morgan fingerprint density at radius 3 is 2.68 bits per heavy atom. The maximum atomic E-state index is 13.1. The minimum atomic E-state index is -4.36. The molecule has 2 aliphatic rings. The Kier molecular flexibility index (Phi) is 9.84. The second kappa shape index (κ2) is 11.7. The van der Waals surface area contributed by atoms with Crippen LogP contribution in [-0.4, -0.2) is 93.2 Å². The van der Waals surface area contributed by atoms with Gasteiger partial charge in [0.15, 0.2) is 5.96 Å². The number of nitrogens with zero attached hydrogens (tertiary/aromatic N) is 4. The van der Waals surface area contributed by atoms with E-state index >= 15 is 0 Å². The van der Waals surface area contributed by atoms with Crippen molar-refractivity contribution < 1.29 is 17.9 Å². The van der Waals surface area contributed by atoms with Gasteiger partial charge in [-0.15, -0.1) is 24.0 Å². The van der Waals surface area contributed by atoms with E-state index in [4.69, 9.17) is 9.73 Å². The lowest BCUT2D eigenvalue weighted by molar-refractivity contribution is -0.137. The van der Waals surface area contributed by atoms with Gasteiger partial charge in [0, 0.05) is 38.8 Å². The molecule has 1 aromatic carbocycles. The predicted octanol–water partition coefficient (Wildman–Crippen LogP) is 2.91. The van der Waals surface area contributed by atoms with Crippen LogP contribution < -0.4 is 5.32 Å². The molecule has 2 saturated heterocycles. The SMILES string of the molecule is CCNC(=NCC1CN(C)CCN1C)N1CCOC(c2cccc(C(F)(F)F)c2)C1.I. The van der Waals surface area contributed by atoms with Gasteiger partial charge in [-0.1, -0.05) is 12.1 Å². The lowest BCUT2D eigenvalue weighted by atomic mass is 10.0. The molecule has 2 fully saturated rings. The molecule has 6 nitrogen and oxygen atoms in total. The summed E-state index contributed by atoms with van der Waals surface area (Å²) in [6, 6.07) is 5.76. The van der Waals surface area contributed by atoms with Crippen LogP contribution in [0.15, 0.2) is 29.3 Å². The Labute approximate surface area is 199 Å². The Morgan fingerprint density at radius 1 is 1.19 bits per heavy atom. The number of hydrogen-bond donors (Lipinski definition) is 1. The highest BCUT2D eigenvalue weighted by molar-refractivity contribution is 14.0. The van der Waals surface area contributed by atoms with Crippen LogP contribution in [0.4, 0.5) is 13.2 Å².